The lowest BCUT2D eigenvalue weighted by Gasteiger charge is -2.30. The van der Waals surface area contributed by atoms with Crippen molar-refractivity contribution in [2.75, 3.05) is 13.1 Å². The summed E-state index contributed by atoms with van der Waals surface area (Å²) in [5.41, 5.74) is 4.01. The van der Waals surface area contributed by atoms with Gasteiger partial charge in [0.15, 0.2) is 0 Å². The summed E-state index contributed by atoms with van der Waals surface area (Å²) in [4.78, 5) is 2.64. The molecule has 0 bridgehead atoms. The van der Waals surface area contributed by atoms with E-state index in [1.165, 1.54) is 36.0 Å². The lowest BCUT2D eigenvalue weighted by molar-refractivity contribution is 0.193. The largest absolute Gasteiger partial charge is 0.300 e. The topological polar surface area (TPSA) is 3.24 Å². The molecule has 0 radical (unpaired) electrons. The second kappa shape index (κ2) is 11.5. The number of nitrogens with zero attached hydrogens (tertiary/aromatic N) is 1. The third-order valence-corrected chi connectivity index (χ3v) is 6.78. The molecule has 2 aromatic carbocycles. The lowest BCUT2D eigenvalue weighted by Crippen LogP contribution is -2.36. The van der Waals surface area contributed by atoms with Crippen LogP contribution >= 0.6 is 0 Å². The molecular weight excluding hydrogens is 357 g/mol. The quantitative estimate of drug-likeness (QED) is 0.420. The van der Waals surface area contributed by atoms with E-state index in [1.807, 2.05) is 0 Å². The van der Waals surface area contributed by atoms with Gasteiger partial charge in [-0.3, -0.25) is 0 Å². The van der Waals surface area contributed by atoms with Crippen LogP contribution in [0.3, 0.4) is 0 Å². The number of hydrogen-bond donors (Lipinski definition) is 0. The van der Waals surface area contributed by atoms with Gasteiger partial charge in [-0.2, -0.15) is 0 Å². The van der Waals surface area contributed by atoms with Crippen molar-refractivity contribution in [3.63, 3.8) is 0 Å². The van der Waals surface area contributed by atoms with Gasteiger partial charge in [0, 0.05) is 18.5 Å². The third-order valence-electron chi connectivity index (χ3n) is 6.78. The van der Waals surface area contributed by atoms with Gasteiger partial charge in [-0.15, -0.1) is 0 Å². The Morgan fingerprint density at radius 1 is 0.897 bits per heavy atom. The first-order valence-electron chi connectivity index (χ1n) is 11.7. The van der Waals surface area contributed by atoms with Crippen molar-refractivity contribution in [1.82, 2.24) is 4.90 Å². The average Bonchev–Trinajstić information content (AvgIpc) is 2.77. The highest BCUT2D eigenvalue weighted by molar-refractivity contribution is 5.27. The molecule has 0 aliphatic heterocycles. The van der Waals surface area contributed by atoms with E-state index in [2.05, 4.69) is 73.3 Å². The number of hydrogen-bond acceptors (Lipinski definition) is 1. The van der Waals surface area contributed by atoms with Gasteiger partial charge in [0.05, 0.1) is 0 Å². The summed E-state index contributed by atoms with van der Waals surface area (Å²) in [5.74, 6) is 0.120. The number of rotatable bonds is 10. The SMILES string of the molecule is CCC(CCc1ccc(C2CCCCC2F)cc1)N(CC)CCc1ccccc1. The van der Waals surface area contributed by atoms with Crippen LogP contribution in [0.15, 0.2) is 54.6 Å². The molecule has 2 heteroatoms. The van der Waals surface area contributed by atoms with Gasteiger partial charge < -0.3 is 4.90 Å². The molecule has 3 unspecified atom stereocenters. The van der Waals surface area contributed by atoms with Gasteiger partial charge in [0.25, 0.3) is 0 Å². The van der Waals surface area contributed by atoms with Crippen molar-refractivity contribution in [3.05, 3.63) is 71.3 Å². The molecule has 1 saturated carbocycles. The van der Waals surface area contributed by atoms with Crippen LogP contribution in [0.25, 0.3) is 0 Å². The van der Waals surface area contributed by atoms with E-state index in [9.17, 15) is 4.39 Å². The van der Waals surface area contributed by atoms with E-state index in [4.69, 9.17) is 0 Å². The van der Waals surface area contributed by atoms with Crippen LogP contribution in [-0.2, 0) is 12.8 Å². The molecule has 1 nitrogen and oxygen atoms in total. The van der Waals surface area contributed by atoms with E-state index in [0.29, 0.717) is 6.04 Å². The highest BCUT2D eigenvalue weighted by atomic mass is 19.1. The van der Waals surface area contributed by atoms with E-state index < -0.39 is 6.17 Å². The van der Waals surface area contributed by atoms with Gasteiger partial charge in [0.1, 0.15) is 6.17 Å². The van der Waals surface area contributed by atoms with Crippen molar-refractivity contribution in [1.29, 1.82) is 0 Å². The number of alkyl halides is 1. The van der Waals surface area contributed by atoms with Crippen LogP contribution in [0.5, 0.6) is 0 Å². The van der Waals surface area contributed by atoms with Crippen molar-refractivity contribution in [2.45, 2.75) is 83.3 Å². The molecule has 1 fully saturated rings. The van der Waals surface area contributed by atoms with Gasteiger partial charge in [-0.1, -0.05) is 81.3 Å². The molecule has 3 rings (SSSR count). The lowest BCUT2D eigenvalue weighted by atomic mass is 9.82. The van der Waals surface area contributed by atoms with Crippen molar-refractivity contribution >= 4 is 0 Å². The second-order valence-electron chi connectivity index (χ2n) is 8.61. The van der Waals surface area contributed by atoms with Crippen LogP contribution in [0, 0.1) is 0 Å². The highest BCUT2D eigenvalue weighted by Crippen LogP contribution is 2.35. The Balaban J connectivity index is 1.52. The molecule has 158 valence electrons. The number of likely N-dealkylation sites (N-methyl/N-ethyl adjacent to an activating group) is 1. The summed E-state index contributed by atoms with van der Waals surface area (Å²) >= 11 is 0. The standard InChI is InChI=1S/C27H38FN/c1-3-25(29(4-2)21-20-22-10-6-5-7-11-22)19-16-23-14-17-24(18-15-23)26-12-8-9-13-27(26)28/h5-7,10-11,14-15,17-18,25-27H,3-4,8-9,12-13,16,19-21H2,1-2H3. The predicted molar refractivity (Wildman–Crippen MR) is 122 cm³/mol. The third kappa shape index (κ3) is 6.40. The number of benzene rings is 2. The highest BCUT2D eigenvalue weighted by Gasteiger charge is 2.26. The molecule has 2 aromatic rings. The van der Waals surface area contributed by atoms with Crippen LogP contribution in [-0.4, -0.2) is 30.2 Å². The Kier molecular flexibility index (Phi) is 8.73. The molecule has 1 aliphatic carbocycles. The van der Waals surface area contributed by atoms with E-state index in [1.54, 1.807) is 0 Å². The number of aryl methyl sites for hydroxylation is 1. The fourth-order valence-corrected chi connectivity index (χ4v) is 4.89. The number of halogens is 1. The maximum absolute atomic E-state index is 14.3. The zero-order chi connectivity index (χ0) is 20.5. The Hall–Kier alpha value is -1.67. The Morgan fingerprint density at radius 2 is 1.59 bits per heavy atom. The van der Waals surface area contributed by atoms with Gasteiger partial charge in [0.2, 0.25) is 0 Å². The van der Waals surface area contributed by atoms with Gasteiger partial charge in [-0.05, 0) is 61.8 Å². The van der Waals surface area contributed by atoms with Gasteiger partial charge in [-0.25, -0.2) is 4.39 Å². The molecule has 0 spiro atoms. The fraction of sp³-hybridized carbons (Fsp3) is 0.556. The maximum atomic E-state index is 14.3. The smallest absolute Gasteiger partial charge is 0.107 e. The predicted octanol–water partition coefficient (Wildman–Crippen LogP) is 6.96. The molecule has 1 aliphatic rings. The van der Waals surface area contributed by atoms with Crippen molar-refractivity contribution in [2.24, 2.45) is 0 Å². The average molecular weight is 396 g/mol. The van der Waals surface area contributed by atoms with Crippen LogP contribution < -0.4 is 0 Å². The summed E-state index contributed by atoms with van der Waals surface area (Å²) in [7, 11) is 0. The first-order valence-corrected chi connectivity index (χ1v) is 11.7. The summed E-state index contributed by atoms with van der Waals surface area (Å²) in [6.07, 6.45) is 7.90. The van der Waals surface area contributed by atoms with E-state index >= 15 is 0 Å². The molecule has 0 saturated heterocycles. The van der Waals surface area contributed by atoms with E-state index in [-0.39, 0.29) is 5.92 Å². The zero-order valence-corrected chi connectivity index (χ0v) is 18.3. The second-order valence-corrected chi connectivity index (χ2v) is 8.61. The minimum Gasteiger partial charge on any atom is -0.300 e. The maximum Gasteiger partial charge on any atom is 0.107 e. The summed E-state index contributed by atoms with van der Waals surface area (Å²) in [6, 6.07) is 20.3. The van der Waals surface area contributed by atoms with E-state index in [0.717, 1.165) is 45.2 Å². The molecule has 0 amide bonds. The Bertz CT molecular complexity index is 696. The molecule has 0 heterocycles. The molecule has 3 atom stereocenters. The van der Waals surface area contributed by atoms with Crippen molar-refractivity contribution in [3.8, 4) is 0 Å². The minimum atomic E-state index is -0.651. The van der Waals surface area contributed by atoms with Crippen LogP contribution in [0.4, 0.5) is 4.39 Å². The fourth-order valence-electron chi connectivity index (χ4n) is 4.89. The van der Waals surface area contributed by atoms with Crippen LogP contribution in [0.1, 0.15) is 75.0 Å². The zero-order valence-electron chi connectivity index (χ0n) is 18.3. The van der Waals surface area contributed by atoms with Gasteiger partial charge >= 0.3 is 0 Å². The Labute approximate surface area is 177 Å². The monoisotopic (exact) mass is 395 g/mol. The summed E-state index contributed by atoms with van der Waals surface area (Å²) in [5, 5.41) is 0. The molecular formula is C27H38FN. The summed E-state index contributed by atoms with van der Waals surface area (Å²) in [6.45, 7) is 6.81. The molecule has 0 N–H and O–H groups in total. The Morgan fingerprint density at radius 3 is 2.24 bits per heavy atom. The molecule has 29 heavy (non-hydrogen) atoms. The first-order chi connectivity index (χ1) is 14.2. The van der Waals surface area contributed by atoms with Crippen molar-refractivity contribution < 1.29 is 4.39 Å². The first kappa shape index (κ1) is 22.0. The summed E-state index contributed by atoms with van der Waals surface area (Å²) < 4.78 is 14.3. The van der Waals surface area contributed by atoms with Crippen LogP contribution in [0.2, 0.25) is 0 Å². The normalized spacial score (nSPS) is 20.7. The minimum absolute atomic E-state index is 0.120. The molecule has 0 aromatic heterocycles.